The molecule has 1 unspecified atom stereocenters. The third-order valence-corrected chi connectivity index (χ3v) is 8.29. The fourth-order valence-corrected chi connectivity index (χ4v) is 6.79. The second-order valence-corrected chi connectivity index (χ2v) is 9.64. The number of nitrogens with zero attached hydrogens (tertiary/aromatic N) is 2. The van der Waals surface area contributed by atoms with Crippen molar-refractivity contribution in [1.82, 2.24) is 9.65 Å². The molecule has 0 saturated carbocycles. The fourth-order valence-electron chi connectivity index (χ4n) is 3.85. The van der Waals surface area contributed by atoms with Crippen LogP contribution >= 0.6 is 7.29 Å². The molecule has 5 nitrogen and oxygen atoms in total. The molecule has 0 fully saturated rings. The predicted molar refractivity (Wildman–Crippen MR) is 118 cm³/mol. The minimum Gasteiger partial charge on any atom is -0.463 e. The number of hydrogen-bond acceptors (Lipinski definition) is 4. The third kappa shape index (κ3) is 3.62. The van der Waals surface area contributed by atoms with E-state index in [1.54, 1.807) is 19.3 Å². The number of aromatic nitrogens is 1. The molecular weight excluding hydrogens is 395 g/mol. The van der Waals surface area contributed by atoms with Crippen LogP contribution in [-0.4, -0.2) is 28.8 Å². The lowest BCUT2D eigenvalue weighted by Gasteiger charge is -2.34. The summed E-state index contributed by atoms with van der Waals surface area (Å²) in [6.45, 7) is 2.43. The monoisotopic (exact) mass is 418 g/mol. The topological polar surface area (TPSA) is 59.5 Å². The minimum absolute atomic E-state index is 0.283. The zero-order valence-electron chi connectivity index (χ0n) is 16.7. The van der Waals surface area contributed by atoms with Gasteiger partial charge in [-0.05, 0) is 42.8 Å². The van der Waals surface area contributed by atoms with E-state index in [9.17, 15) is 9.36 Å². The van der Waals surface area contributed by atoms with Gasteiger partial charge < -0.3 is 4.74 Å². The Hall–Kier alpha value is -3.01. The molecule has 4 rings (SSSR count). The van der Waals surface area contributed by atoms with Crippen molar-refractivity contribution in [2.75, 3.05) is 13.2 Å². The molecule has 0 aliphatic carbocycles. The number of hydrogen-bond donors (Lipinski definition) is 0. The highest BCUT2D eigenvalue weighted by atomic mass is 31.2. The lowest BCUT2D eigenvalue weighted by Crippen LogP contribution is -2.34. The van der Waals surface area contributed by atoms with Crippen LogP contribution in [-0.2, 0) is 14.1 Å². The Balaban J connectivity index is 1.88. The van der Waals surface area contributed by atoms with Crippen LogP contribution in [0.5, 0.6) is 0 Å². The molecule has 0 amide bonds. The van der Waals surface area contributed by atoms with Crippen molar-refractivity contribution in [3.63, 3.8) is 0 Å². The van der Waals surface area contributed by atoms with E-state index < -0.39 is 13.3 Å². The molecule has 3 aromatic rings. The Morgan fingerprint density at radius 3 is 2.20 bits per heavy atom. The van der Waals surface area contributed by atoms with Crippen LogP contribution in [0, 0.1) is 0 Å². The molecule has 2 heterocycles. The molecule has 2 aromatic carbocycles. The van der Waals surface area contributed by atoms with E-state index in [0.717, 1.165) is 16.2 Å². The van der Waals surface area contributed by atoms with Crippen molar-refractivity contribution < 1.29 is 14.1 Å². The molecule has 0 saturated heterocycles. The van der Waals surface area contributed by atoms with Crippen LogP contribution < -0.4 is 10.6 Å². The van der Waals surface area contributed by atoms with Gasteiger partial charge in [0.15, 0.2) is 0 Å². The predicted octanol–water partition coefficient (Wildman–Crippen LogP) is 3.86. The average Bonchev–Trinajstić information content (AvgIpc) is 3.26. The fraction of sp³-hybridized carbons (Fsp3) is 0.167. The first kappa shape index (κ1) is 20.3. The van der Waals surface area contributed by atoms with Gasteiger partial charge >= 0.3 is 5.97 Å². The number of carbonyl (C=O) groups excluding carboxylic acids is 1. The van der Waals surface area contributed by atoms with Crippen LogP contribution in [0.3, 0.4) is 0 Å². The average molecular weight is 418 g/mol. The van der Waals surface area contributed by atoms with Crippen molar-refractivity contribution in [3.8, 4) is 0 Å². The van der Waals surface area contributed by atoms with Crippen LogP contribution in [0.1, 0.15) is 18.5 Å². The van der Waals surface area contributed by atoms with E-state index in [2.05, 4.69) is 4.98 Å². The van der Waals surface area contributed by atoms with Gasteiger partial charge in [-0.1, -0.05) is 48.5 Å². The highest BCUT2D eigenvalue weighted by Crippen LogP contribution is 2.55. The maximum absolute atomic E-state index is 14.8. The van der Waals surface area contributed by atoms with Crippen molar-refractivity contribution in [1.29, 1.82) is 0 Å². The molecule has 1 aliphatic heterocycles. The molecule has 1 aliphatic rings. The van der Waals surface area contributed by atoms with Gasteiger partial charge in [0, 0.05) is 29.5 Å². The van der Waals surface area contributed by atoms with Gasteiger partial charge in [0.1, 0.15) is 0 Å². The van der Waals surface area contributed by atoms with Crippen LogP contribution in [0.2, 0.25) is 0 Å². The molecular formula is C24H23N2O3P. The van der Waals surface area contributed by atoms with Crippen LogP contribution in [0.4, 0.5) is 0 Å². The normalized spacial score (nSPS) is 16.8. The smallest absolute Gasteiger partial charge is 0.335 e. The lowest BCUT2D eigenvalue weighted by atomic mass is 10.0. The minimum atomic E-state index is -3.24. The van der Waals surface area contributed by atoms with E-state index in [4.69, 9.17) is 4.74 Å². The molecule has 1 atom stereocenters. The van der Waals surface area contributed by atoms with E-state index in [-0.39, 0.29) is 12.6 Å². The van der Waals surface area contributed by atoms with E-state index in [1.165, 1.54) is 0 Å². The maximum atomic E-state index is 14.8. The summed E-state index contributed by atoms with van der Waals surface area (Å²) >= 11 is 0. The summed E-state index contributed by atoms with van der Waals surface area (Å²) in [4.78, 5) is 17.0. The van der Waals surface area contributed by atoms with Gasteiger partial charge in [0.25, 0.3) is 0 Å². The summed E-state index contributed by atoms with van der Waals surface area (Å²) in [6.07, 6.45) is 5.23. The first-order valence-electron chi connectivity index (χ1n) is 9.91. The van der Waals surface area contributed by atoms with Crippen molar-refractivity contribution in [2.24, 2.45) is 0 Å². The zero-order chi connectivity index (χ0) is 21.0. The van der Waals surface area contributed by atoms with Crippen molar-refractivity contribution >= 4 is 23.9 Å². The largest absolute Gasteiger partial charge is 0.463 e. The third-order valence-electron chi connectivity index (χ3n) is 5.18. The number of ether oxygens (including phenoxy) is 1. The Kier molecular flexibility index (Phi) is 5.93. The molecule has 152 valence electrons. The molecule has 0 bridgehead atoms. The van der Waals surface area contributed by atoms with Crippen LogP contribution in [0.25, 0.3) is 0 Å². The molecule has 0 N–H and O–H groups in total. The first-order chi connectivity index (χ1) is 14.7. The molecule has 6 heteroatoms. The van der Waals surface area contributed by atoms with Crippen molar-refractivity contribution in [3.05, 3.63) is 102 Å². The SMILES string of the molecule is CCOC(=O)C1=CCN(P(=O)(c2ccccc2)c2ccccc2)C1c1cccnc1. The summed E-state index contributed by atoms with van der Waals surface area (Å²) < 4.78 is 22.1. The number of rotatable bonds is 6. The standard InChI is InChI=1S/C24H23N2O3P/c1-2-29-24(27)22-15-17-26(23(22)19-10-9-16-25-18-19)30(28,20-11-5-3-6-12-20)21-13-7-4-8-14-21/h3-16,18,23H,2,17H2,1H3. The zero-order valence-corrected chi connectivity index (χ0v) is 17.6. The quantitative estimate of drug-likeness (QED) is 0.450. The summed E-state index contributed by atoms with van der Waals surface area (Å²) in [6, 6.07) is 22.1. The van der Waals surface area contributed by atoms with Crippen molar-refractivity contribution in [2.45, 2.75) is 13.0 Å². The van der Waals surface area contributed by atoms with E-state index in [1.807, 2.05) is 83.5 Å². The maximum Gasteiger partial charge on any atom is 0.335 e. The number of carbonyl (C=O) groups is 1. The summed E-state index contributed by atoms with van der Waals surface area (Å²) in [5.74, 6) is -0.387. The number of pyridine rings is 1. The van der Waals surface area contributed by atoms with Crippen LogP contribution in [0.15, 0.2) is 96.8 Å². The molecule has 30 heavy (non-hydrogen) atoms. The van der Waals surface area contributed by atoms with Gasteiger partial charge in [0.05, 0.1) is 18.2 Å². The lowest BCUT2D eigenvalue weighted by molar-refractivity contribution is -0.138. The Bertz CT molecular complexity index is 1040. The summed E-state index contributed by atoms with van der Waals surface area (Å²) in [7, 11) is -3.24. The summed E-state index contributed by atoms with van der Waals surface area (Å²) in [5, 5.41) is 1.45. The Morgan fingerprint density at radius 2 is 1.67 bits per heavy atom. The van der Waals surface area contributed by atoms with E-state index in [0.29, 0.717) is 12.1 Å². The second kappa shape index (κ2) is 8.78. The number of esters is 1. The van der Waals surface area contributed by atoms with Gasteiger partial charge in [-0.2, -0.15) is 0 Å². The van der Waals surface area contributed by atoms with Gasteiger partial charge in [0.2, 0.25) is 7.29 Å². The Morgan fingerprint density at radius 1 is 1.03 bits per heavy atom. The molecule has 0 spiro atoms. The van der Waals surface area contributed by atoms with Gasteiger partial charge in [-0.15, -0.1) is 0 Å². The molecule has 0 radical (unpaired) electrons. The van der Waals surface area contributed by atoms with E-state index >= 15 is 0 Å². The van der Waals surface area contributed by atoms with Gasteiger partial charge in [-0.3, -0.25) is 9.55 Å². The second-order valence-electron chi connectivity index (χ2n) is 6.94. The van der Waals surface area contributed by atoms with Gasteiger partial charge in [-0.25, -0.2) is 9.46 Å². The highest BCUT2D eigenvalue weighted by Gasteiger charge is 2.45. The summed E-state index contributed by atoms with van der Waals surface area (Å²) in [5.41, 5.74) is 1.30. The highest BCUT2D eigenvalue weighted by molar-refractivity contribution is 7.76. The first-order valence-corrected chi connectivity index (χ1v) is 11.6. The molecule has 1 aromatic heterocycles. The number of benzene rings is 2. The Labute approximate surface area is 176 Å².